The summed E-state index contributed by atoms with van der Waals surface area (Å²) in [4.78, 5) is 14.7. The number of hydrogen-bond acceptors (Lipinski definition) is 4. The Morgan fingerprint density at radius 3 is 2.58 bits per heavy atom. The van der Waals surface area contributed by atoms with Gasteiger partial charge in [0.2, 0.25) is 5.91 Å². The molecule has 1 heterocycles. The summed E-state index contributed by atoms with van der Waals surface area (Å²) in [5.74, 6) is 0.416. The van der Waals surface area contributed by atoms with Gasteiger partial charge in [0, 0.05) is 18.8 Å². The molecule has 0 saturated heterocycles. The number of nitrogens with one attached hydrogen (secondary N) is 1. The third-order valence-electron chi connectivity index (χ3n) is 4.46. The van der Waals surface area contributed by atoms with E-state index in [0.29, 0.717) is 6.61 Å². The minimum Gasteiger partial charge on any atom is -0.490 e. The highest BCUT2D eigenvalue weighted by molar-refractivity contribution is 5.93. The first-order valence-corrected chi connectivity index (χ1v) is 8.15. The molecule has 5 nitrogen and oxygen atoms in total. The second-order valence-corrected chi connectivity index (χ2v) is 6.17. The normalized spacial score (nSPS) is 14.7. The number of fused-ring (bicyclic) bond motifs is 1. The Morgan fingerprint density at radius 2 is 1.88 bits per heavy atom. The molecular formula is C19H25Cl2N3O2. The highest BCUT2D eigenvalue weighted by Crippen LogP contribution is 2.33. The molecule has 2 unspecified atom stereocenters. The van der Waals surface area contributed by atoms with Crippen LogP contribution >= 0.6 is 24.8 Å². The molecule has 0 aliphatic carbocycles. The van der Waals surface area contributed by atoms with E-state index < -0.39 is 0 Å². The van der Waals surface area contributed by atoms with Crippen molar-refractivity contribution in [1.29, 1.82) is 0 Å². The summed E-state index contributed by atoms with van der Waals surface area (Å²) in [7, 11) is 2.01. The van der Waals surface area contributed by atoms with Crippen LogP contribution in [0.4, 0.5) is 11.4 Å². The van der Waals surface area contributed by atoms with Crippen LogP contribution in [-0.4, -0.2) is 26.1 Å². The fourth-order valence-electron chi connectivity index (χ4n) is 2.81. The van der Waals surface area contributed by atoms with Crippen molar-refractivity contribution in [1.82, 2.24) is 0 Å². The molecule has 0 fully saturated rings. The summed E-state index contributed by atoms with van der Waals surface area (Å²) in [6.45, 7) is 3.36. The van der Waals surface area contributed by atoms with Crippen LogP contribution in [0.5, 0.6) is 5.75 Å². The van der Waals surface area contributed by atoms with E-state index in [1.165, 1.54) is 0 Å². The molecule has 0 saturated carbocycles. The number of anilines is 2. The number of nitrogens with zero attached hydrogens (tertiary/aromatic N) is 1. The van der Waals surface area contributed by atoms with Gasteiger partial charge in [-0.1, -0.05) is 37.3 Å². The molecule has 0 aromatic heterocycles. The van der Waals surface area contributed by atoms with Gasteiger partial charge >= 0.3 is 0 Å². The van der Waals surface area contributed by atoms with Gasteiger partial charge in [-0.2, -0.15) is 0 Å². The van der Waals surface area contributed by atoms with E-state index in [1.807, 2.05) is 62.5 Å². The van der Waals surface area contributed by atoms with Gasteiger partial charge in [0.25, 0.3) is 0 Å². The first kappa shape index (κ1) is 22.1. The molecule has 1 aliphatic rings. The Morgan fingerprint density at radius 1 is 1.19 bits per heavy atom. The van der Waals surface area contributed by atoms with Crippen LogP contribution in [0.1, 0.15) is 18.5 Å². The zero-order chi connectivity index (χ0) is 17.1. The number of benzene rings is 2. The number of carbonyl (C=O) groups is 1. The molecule has 3 N–H and O–H groups in total. The predicted octanol–water partition coefficient (Wildman–Crippen LogP) is 3.63. The lowest BCUT2D eigenvalue weighted by molar-refractivity contribution is -0.120. The maximum Gasteiger partial charge on any atom is 0.229 e. The smallest absolute Gasteiger partial charge is 0.229 e. The zero-order valence-corrected chi connectivity index (χ0v) is 16.5. The van der Waals surface area contributed by atoms with Crippen LogP contribution in [0, 0.1) is 5.92 Å². The quantitative estimate of drug-likeness (QED) is 0.826. The molecule has 2 atom stereocenters. The van der Waals surface area contributed by atoms with Gasteiger partial charge in [-0.05, 0) is 23.8 Å². The Labute approximate surface area is 166 Å². The van der Waals surface area contributed by atoms with Gasteiger partial charge in [0.05, 0.1) is 18.2 Å². The third-order valence-corrected chi connectivity index (χ3v) is 4.46. The van der Waals surface area contributed by atoms with Crippen LogP contribution < -0.4 is 20.7 Å². The standard InChI is InChI=1S/C19H23N3O2.2ClH/c1-13(18(20)14-6-4-3-5-7-14)19(23)21-15-8-9-17-16(12-15)22(2)10-11-24-17;;/h3-9,12-13,18H,10-11,20H2,1-2H3,(H,21,23);2*1H. The van der Waals surface area contributed by atoms with Crippen LogP contribution in [-0.2, 0) is 4.79 Å². The number of ether oxygens (including phenoxy) is 1. The number of amides is 1. The second-order valence-electron chi connectivity index (χ2n) is 6.17. The molecule has 2 aromatic rings. The minimum absolute atomic E-state index is 0. The highest BCUT2D eigenvalue weighted by Gasteiger charge is 2.23. The first-order valence-electron chi connectivity index (χ1n) is 8.15. The van der Waals surface area contributed by atoms with Crippen LogP contribution in [0.2, 0.25) is 0 Å². The monoisotopic (exact) mass is 397 g/mol. The molecule has 0 spiro atoms. The molecule has 2 aromatic carbocycles. The number of hydrogen-bond donors (Lipinski definition) is 2. The molecule has 1 amide bonds. The van der Waals surface area contributed by atoms with Gasteiger partial charge in [-0.3, -0.25) is 4.79 Å². The minimum atomic E-state index is -0.338. The second kappa shape index (κ2) is 9.67. The van der Waals surface area contributed by atoms with E-state index in [0.717, 1.165) is 29.2 Å². The number of carbonyl (C=O) groups excluding carboxylic acids is 1. The van der Waals surface area contributed by atoms with Crippen LogP contribution in [0.25, 0.3) is 0 Å². The van der Waals surface area contributed by atoms with E-state index in [4.69, 9.17) is 10.5 Å². The third kappa shape index (κ3) is 4.81. The fraction of sp³-hybridized carbons (Fsp3) is 0.316. The summed E-state index contributed by atoms with van der Waals surface area (Å²) in [6.07, 6.45) is 0. The van der Waals surface area contributed by atoms with Crippen molar-refractivity contribution in [2.24, 2.45) is 11.7 Å². The molecule has 26 heavy (non-hydrogen) atoms. The Kier molecular flexibility index (Phi) is 8.21. The Hall–Kier alpha value is -1.95. The van der Waals surface area contributed by atoms with Crippen molar-refractivity contribution in [2.75, 3.05) is 30.4 Å². The maximum atomic E-state index is 12.5. The van der Waals surface area contributed by atoms with E-state index in [1.54, 1.807) is 0 Å². The van der Waals surface area contributed by atoms with E-state index in [-0.39, 0.29) is 42.7 Å². The average molecular weight is 398 g/mol. The van der Waals surface area contributed by atoms with Crippen molar-refractivity contribution in [2.45, 2.75) is 13.0 Å². The first-order chi connectivity index (χ1) is 11.6. The molecular weight excluding hydrogens is 373 g/mol. The van der Waals surface area contributed by atoms with Gasteiger partial charge in [0.1, 0.15) is 12.4 Å². The average Bonchev–Trinajstić information content (AvgIpc) is 2.62. The molecule has 142 valence electrons. The van der Waals surface area contributed by atoms with Crippen molar-refractivity contribution < 1.29 is 9.53 Å². The largest absolute Gasteiger partial charge is 0.490 e. The van der Waals surface area contributed by atoms with Crippen LogP contribution in [0.3, 0.4) is 0 Å². The van der Waals surface area contributed by atoms with Crippen LogP contribution in [0.15, 0.2) is 48.5 Å². The van der Waals surface area contributed by atoms with Crippen molar-refractivity contribution in [3.63, 3.8) is 0 Å². The molecule has 1 aliphatic heterocycles. The fourth-order valence-corrected chi connectivity index (χ4v) is 2.81. The summed E-state index contributed by atoms with van der Waals surface area (Å²) < 4.78 is 5.62. The number of likely N-dealkylation sites (N-methyl/N-ethyl adjacent to an activating group) is 1. The highest BCUT2D eigenvalue weighted by atomic mass is 35.5. The van der Waals surface area contributed by atoms with E-state index in [9.17, 15) is 4.79 Å². The van der Waals surface area contributed by atoms with Crippen molar-refractivity contribution in [3.05, 3.63) is 54.1 Å². The van der Waals surface area contributed by atoms with E-state index in [2.05, 4.69) is 10.2 Å². The SMILES string of the molecule is CC(C(=O)Nc1ccc2c(c1)N(C)CCO2)C(N)c1ccccc1.Cl.Cl. The van der Waals surface area contributed by atoms with E-state index >= 15 is 0 Å². The Bertz CT molecular complexity index is 728. The zero-order valence-electron chi connectivity index (χ0n) is 14.8. The molecule has 3 rings (SSSR count). The van der Waals surface area contributed by atoms with Gasteiger partial charge < -0.3 is 20.7 Å². The number of nitrogens with two attached hydrogens (primary N) is 1. The topological polar surface area (TPSA) is 67.6 Å². The summed E-state index contributed by atoms with van der Waals surface area (Å²) >= 11 is 0. The maximum absolute atomic E-state index is 12.5. The van der Waals surface area contributed by atoms with Gasteiger partial charge in [-0.25, -0.2) is 0 Å². The lowest BCUT2D eigenvalue weighted by Crippen LogP contribution is -2.31. The molecule has 7 heteroatoms. The van der Waals surface area contributed by atoms with Gasteiger partial charge in [0.15, 0.2) is 0 Å². The lowest BCUT2D eigenvalue weighted by Gasteiger charge is -2.28. The Balaban J connectivity index is 0.00000169. The molecule has 0 bridgehead atoms. The van der Waals surface area contributed by atoms with Crippen molar-refractivity contribution >= 4 is 42.1 Å². The van der Waals surface area contributed by atoms with Crippen molar-refractivity contribution in [3.8, 4) is 5.75 Å². The number of halogens is 2. The predicted molar refractivity (Wildman–Crippen MR) is 111 cm³/mol. The summed E-state index contributed by atoms with van der Waals surface area (Å²) in [5, 5.41) is 2.96. The summed E-state index contributed by atoms with van der Waals surface area (Å²) in [6, 6.07) is 15.0. The van der Waals surface area contributed by atoms with Gasteiger partial charge in [-0.15, -0.1) is 24.8 Å². The molecule has 0 radical (unpaired) electrons. The lowest BCUT2D eigenvalue weighted by atomic mass is 9.94. The number of rotatable bonds is 4. The summed E-state index contributed by atoms with van der Waals surface area (Å²) in [5.41, 5.74) is 8.93.